The van der Waals surface area contributed by atoms with Crippen molar-refractivity contribution >= 4 is 33.1 Å². The van der Waals surface area contributed by atoms with Crippen LogP contribution in [0.15, 0.2) is 29.4 Å². The first-order valence-corrected chi connectivity index (χ1v) is 10.6. The Morgan fingerprint density at radius 3 is 2.62 bits per heavy atom. The number of hydrogen-bond acceptors (Lipinski definition) is 8. The van der Waals surface area contributed by atoms with Crippen LogP contribution in [0.25, 0.3) is 0 Å². The molecule has 1 aromatic carbocycles. The lowest BCUT2D eigenvalue weighted by Gasteiger charge is -2.30. The third-order valence-electron chi connectivity index (χ3n) is 4.46. The average Bonchev–Trinajstić information content (AvgIpc) is 2.66. The summed E-state index contributed by atoms with van der Waals surface area (Å²) in [7, 11) is -3.53. The Hall–Kier alpha value is -3.15. The van der Waals surface area contributed by atoms with Crippen LogP contribution in [0.3, 0.4) is 0 Å². The Labute approximate surface area is 166 Å². The zero-order chi connectivity index (χ0) is 21.2. The van der Waals surface area contributed by atoms with E-state index in [2.05, 4.69) is 15.3 Å². The first-order valence-electron chi connectivity index (χ1n) is 8.67. The number of ether oxygens (including phenoxy) is 1. The van der Waals surface area contributed by atoms with E-state index < -0.39 is 21.7 Å². The summed E-state index contributed by atoms with van der Waals surface area (Å²) in [6.45, 7) is 0.683. The van der Waals surface area contributed by atoms with E-state index >= 15 is 0 Å². The molecule has 1 amide bonds. The summed E-state index contributed by atoms with van der Waals surface area (Å²) in [6.07, 6.45) is 1.92. The number of anilines is 3. The first kappa shape index (κ1) is 20.6. The number of amides is 1. The molecule has 4 N–H and O–H groups in total. The van der Waals surface area contributed by atoms with E-state index in [9.17, 15) is 17.6 Å². The minimum absolute atomic E-state index is 0.0106. The molecule has 2 aromatic rings. The van der Waals surface area contributed by atoms with Crippen LogP contribution in [0.1, 0.15) is 12.8 Å². The average molecular weight is 425 g/mol. The molecule has 1 saturated heterocycles. The van der Waals surface area contributed by atoms with E-state index in [-0.39, 0.29) is 34.1 Å². The second-order valence-corrected chi connectivity index (χ2v) is 8.58. The predicted molar refractivity (Wildman–Crippen MR) is 102 cm³/mol. The van der Waals surface area contributed by atoms with Crippen LogP contribution in [0.2, 0.25) is 0 Å². The fourth-order valence-corrected chi connectivity index (χ4v) is 3.48. The molecule has 1 fully saturated rings. The zero-order valence-corrected chi connectivity index (χ0v) is 16.3. The van der Waals surface area contributed by atoms with Gasteiger partial charge in [0.05, 0.1) is 10.6 Å². The lowest BCUT2D eigenvalue weighted by atomic mass is 10.1. The van der Waals surface area contributed by atoms with Gasteiger partial charge in [-0.25, -0.2) is 22.6 Å². The molecule has 156 valence electrons. The molecule has 0 aliphatic carbocycles. The maximum absolute atomic E-state index is 14.3. The Balaban J connectivity index is 1.73. The molecule has 0 unspecified atom stereocenters. The number of nitrogens with two attached hydrogens (primary N) is 1. The van der Waals surface area contributed by atoms with Crippen molar-refractivity contribution in [3.8, 4) is 5.88 Å². The molecule has 1 aliphatic rings. The smallest absolute Gasteiger partial charge is 0.407 e. The monoisotopic (exact) mass is 425 g/mol. The van der Waals surface area contributed by atoms with Crippen LogP contribution < -0.4 is 15.8 Å². The van der Waals surface area contributed by atoms with Crippen molar-refractivity contribution in [3.05, 3.63) is 30.3 Å². The highest BCUT2D eigenvalue weighted by molar-refractivity contribution is 7.90. The molecule has 0 saturated carbocycles. The van der Waals surface area contributed by atoms with Gasteiger partial charge in [-0.3, -0.25) is 0 Å². The summed E-state index contributed by atoms with van der Waals surface area (Å²) in [6, 6.07) is 3.45. The molecule has 29 heavy (non-hydrogen) atoms. The largest absolute Gasteiger partial charge is 0.473 e. The molecule has 10 nitrogen and oxygen atoms in total. The van der Waals surface area contributed by atoms with Gasteiger partial charge in [-0.15, -0.1) is 0 Å². The number of sulfone groups is 1. The van der Waals surface area contributed by atoms with Crippen molar-refractivity contribution in [3.63, 3.8) is 0 Å². The van der Waals surface area contributed by atoms with Crippen LogP contribution in [-0.4, -0.2) is 59.9 Å². The van der Waals surface area contributed by atoms with Crippen molar-refractivity contribution in [2.45, 2.75) is 23.8 Å². The number of nitrogen functional groups attached to an aromatic ring is 1. The Kier molecular flexibility index (Phi) is 5.73. The minimum Gasteiger partial charge on any atom is -0.473 e. The van der Waals surface area contributed by atoms with E-state index in [1.807, 2.05) is 0 Å². The number of halogens is 1. The normalized spacial score (nSPS) is 15.2. The highest BCUT2D eigenvalue weighted by atomic mass is 32.2. The topological polar surface area (TPSA) is 148 Å². The molecule has 0 spiro atoms. The second-order valence-electron chi connectivity index (χ2n) is 6.57. The number of benzene rings is 1. The van der Waals surface area contributed by atoms with E-state index in [4.69, 9.17) is 15.6 Å². The number of nitrogens with one attached hydrogen (secondary N) is 1. The summed E-state index contributed by atoms with van der Waals surface area (Å²) < 4.78 is 43.1. The summed E-state index contributed by atoms with van der Waals surface area (Å²) in [4.78, 5) is 20.1. The number of nitrogens with zero attached hydrogens (tertiary/aromatic N) is 3. The number of hydrogen-bond donors (Lipinski definition) is 3. The second kappa shape index (κ2) is 8.07. The van der Waals surface area contributed by atoms with Gasteiger partial charge in [-0.1, -0.05) is 0 Å². The molecule has 2 heterocycles. The first-order chi connectivity index (χ1) is 13.6. The summed E-state index contributed by atoms with van der Waals surface area (Å²) in [5, 5.41) is 11.7. The van der Waals surface area contributed by atoms with Crippen LogP contribution in [0.4, 0.5) is 26.4 Å². The molecule has 0 bridgehead atoms. The highest BCUT2D eigenvalue weighted by Crippen LogP contribution is 2.31. The third-order valence-corrected chi connectivity index (χ3v) is 5.57. The molecule has 1 aromatic heterocycles. The van der Waals surface area contributed by atoms with Gasteiger partial charge < -0.3 is 25.8 Å². The minimum atomic E-state index is -3.53. The maximum Gasteiger partial charge on any atom is 0.407 e. The van der Waals surface area contributed by atoms with Gasteiger partial charge in [-0.05, 0) is 18.2 Å². The van der Waals surface area contributed by atoms with Gasteiger partial charge in [-0.2, -0.15) is 4.98 Å². The fraction of sp³-hybridized carbons (Fsp3) is 0.353. The van der Waals surface area contributed by atoms with Gasteiger partial charge in [0.15, 0.2) is 15.7 Å². The fourth-order valence-electron chi connectivity index (χ4n) is 2.85. The molecular weight excluding hydrogens is 405 g/mol. The molecule has 0 atom stereocenters. The number of likely N-dealkylation sites (tertiary alicyclic amines) is 1. The van der Waals surface area contributed by atoms with Gasteiger partial charge in [0.1, 0.15) is 23.9 Å². The number of carbonyl (C=O) groups is 1. The maximum atomic E-state index is 14.3. The summed E-state index contributed by atoms with van der Waals surface area (Å²) in [5.74, 6) is -0.581. The van der Waals surface area contributed by atoms with Crippen molar-refractivity contribution in [2.75, 3.05) is 30.4 Å². The molecule has 3 rings (SSSR count). The van der Waals surface area contributed by atoms with Crippen molar-refractivity contribution < 1.29 is 27.4 Å². The number of carboxylic acid groups (broad SMARTS) is 1. The summed E-state index contributed by atoms with van der Waals surface area (Å²) in [5.41, 5.74) is 6.08. The summed E-state index contributed by atoms with van der Waals surface area (Å²) >= 11 is 0. The zero-order valence-electron chi connectivity index (χ0n) is 15.5. The molecular formula is C17H20FN5O5S. The van der Waals surface area contributed by atoms with E-state index in [1.165, 1.54) is 23.4 Å². The quantitative estimate of drug-likeness (QED) is 0.653. The number of aromatic nitrogens is 2. The highest BCUT2D eigenvalue weighted by Gasteiger charge is 2.25. The Morgan fingerprint density at radius 1 is 1.34 bits per heavy atom. The van der Waals surface area contributed by atoms with E-state index in [1.54, 1.807) is 0 Å². The number of piperidine rings is 1. The third kappa shape index (κ3) is 4.83. The Bertz CT molecular complexity index is 1020. The van der Waals surface area contributed by atoms with Crippen LogP contribution in [0, 0.1) is 5.82 Å². The standard InChI is InChI=1S/C17H20FN5O5S/c1-29(26,27)11-2-3-13(12(18)8-11)22-15-14(19)16(21-9-20-15)28-10-4-6-23(7-5-10)17(24)25/h2-3,8-10H,4-7,19H2,1H3,(H,24,25)(H,20,21,22). The van der Waals surface area contributed by atoms with E-state index in [0.717, 1.165) is 12.3 Å². The molecule has 1 aliphatic heterocycles. The van der Waals surface area contributed by atoms with Gasteiger partial charge >= 0.3 is 6.09 Å². The van der Waals surface area contributed by atoms with Crippen LogP contribution >= 0.6 is 0 Å². The van der Waals surface area contributed by atoms with E-state index in [0.29, 0.717) is 25.9 Å². The molecule has 0 radical (unpaired) electrons. The SMILES string of the molecule is CS(=O)(=O)c1ccc(Nc2ncnc(OC3CCN(C(=O)O)CC3)c2N)c(F)c1. The lowest BCUT2D eigenvalue weighted by Crippen LogP contribution is -2.41. The number of rotatable bonds is 5. The van der Waals surface area contributed by atoms with Gasteiger partial charge in [0.2, 0.25) is 5.88 Å². The van der Waals surface area contributed by atoms with Crippen molar-refractivity contribution in [1.29, 1.82) is 0 Å². The Morgan fingerprint density at radius 2 is 2.03 bits per heavy atom. The van der Waals surface area contributed by atoms with Crippen LogP contribution in [-0.2, 0) is 9.84 Å². The lowest BCUT2D eigenvalue weighted by molar-refractivity contribution is 0.0875. The van der Waals surface area contributed by atoms with Crippen LogP contribution in [0.5, 0.6) is 5.88 Å². The van der Waals surface area contributed by atoms with Crippen molar-refractivity contribution in [2.24, 2.45) is 0 Å². The molecule has 12 heteroatoms. The van der Waals surface area contributed by atoms with Gasteiger partial charge in [0.25, 0.3) is 0 Å². The predicted octanol–water partition coefficient (Wildman–Crippen LogP) is 1.87. The van der Waals surface area contributed by atoms with Gasteiger partial charge in [0, 0.05) is 32.2 Å². The van der Waals surface area contributed by atoms with Crippen molar-refractivity contribution in [1.82, 2.24) is 14.9 Å².